The summed E-state index contributed by atoms with van der Waals surface area (Å²) in [7, 11) is 1.85. The number of carbonyl (C=O) groups is 1. The number of nitrogens with one attached hydrogen (secondary N) is 2. The lowest BCUT2D eigenvalue weighted by Crippen LogP contribution is -2.22. The molecule has 3 aromatic rings. The van der Waals surface area contributed by atoms with Gasteiger partial charge in [0.2, 0.25) is 0 Å². The van der Waals surface area contributed by atoms with E-state index < -0.39 is 5.60 Å². The summed E-state index contributed by atoms with van der Waals surface area (Å²) in [6, 6.07) is 13.1. The first-order chi connectivity index (χ1) is 15.3. The van der Waals surface area contributed by atoms with Gasteiger partial charge in [0.25, 0.3) is 5.91 Å². The van der Waals surface area contributed by atoms with Crippen molar-refractivity contribution in [3.05, 3.63) is 71.7 Å². The number of benzene rings is 2. The number of nitrogens with two attached hydrogens (primary N) is 1. The number of hydrogen-bond acceptors (Lipinski definition) is 6. The normalized spacial score (nSPS) is 11.6. The van der Waals surface area contributed by atoms with Crippen LogP contribution in [0.4, 0.5) is 11.4 Å². The number of aliphatic hydroxyl groups is 1. The quantitative estimate of drug-likeness (QED) is 0.299. The van der Waals surface area contributed by atoms with Crippen molar-refractivity contribution in [2.75, 3.05) is 24.6 Å². The molecule has 0 aliphatic heterocycles. The number of aliphatic imine (C=N–C) groups is 1. The van der Waals surface area contributed by atoms with Crippen molar-refractivity contribution in [2.45, 2.75) is 32.4 Å². The van der Waals surface area contributed by atoms with Crippen LogP contribution in [0, 0.1) is 0 Å². The maximum atomic E-state index is 12.4. The molecule has 0 spiro atoms. The number of nitrogen functional groups attached to an aromatic ring is 1. The van der Waals surface area contributed by atoms with E-state index in [9.17, 15) is 9.90 Å². The third-order valence-electron chi connectivity index (χ3n) is 5.07. The lowest BCUT2D eigenvalue weighted by atomic mass is 9.99. The van der Waals surface area contributed by atoms with Gasteiger partial charge in [0.15, 0.2) is 0 Å². The molecule has 7 nitrogen and oxygen atoms in total. The second-order valence-electron chi connectivity index (χ2n) is 8.27. The van der Waals surface area contributed by atoms with Crippen LogP contribution >= 0.6 is 0 Å². The van der Waals surface area contributed by atoms with Gasteiger partial charge in [0, 0.05) is 60.0 Å². The van der Waals surface area contributed by atoms with Crippen LogP contribution in [-0.2, 0) is 6.54 Å². The van der Waals surface area contributed by atoms with Gasteiger partial charge < -0.3 is 25.9 Å². The maximum Gasteiger partial charge on any atom is 0.251 e. The Morgan fingerprint density at radius 1 is 1.22 bits per heavy atom. The van der Waals surface area contributed by atoms with Crippen LogP contribution in [0.25, 0.3) is 11.1 Å². The number of rotatable bonds is 9. The molecule has 0 saturated carbocycles. The molecular weight excluding hydrogens is 404 g/mol. The molecule has 168 valence electrons. The minimum absolute atomic E-state index is 0.149. The highest BCUT2D eigenvalue weighted by atomic mass is 16.3. The van der Waals surface area contributed by atoms with Crippen LogP contribution in [0.15, 0.2) is 64.4 Å². The summed E-state index contributed by atoms with van der Waals surface area (Å²) < 4.78 is 5.01. The molecule has 2 aromatic carbocycles. The van der Waals surface area contributed by atoms with E-state index in [1.165, 1.54) is 0 Å². The van der Waals surface area contributed by atoms with Crippen molar-refractivity contribution in [1.82, 2.24) is 5.32 Å². The average molecular weight is 435 g/mol. The van der Waals surface area contributed by atoms with Gasteiger partial charge in [0.1, 0.15) is 0 Å². The summed E-state index contributed by atoms with van der Waals surface area (Å²) in [6.07, 6.45) is 5.49. The minimum atomic E-state index is -0.745. The van der Waals surface area contributed by atoms with Gasteiger partial charge in [0.05, 0.1) is 18.1 Å². The zero-order valence-corrected chi connectivity index (χ0v) is 18.7. The van der Waals surface area contributed by atoms with Crippen LogP contribution < -0.4 is 16.4 Å². The number of anilines is 2. The standard InChI is InChI=1S/C25H30N4O3/c1-25(2,31)9-10-28-15-20-12-23(27-3)21(13-22(20)26)18-4-6-19(7-5-18)24(30)29-14-17-8-11-32-16-17/h4-8,11-13,15-16,27,31H,9-10,14,26H2,1-3H3,(H,29,30). The third kappa shape index (κ3) is 6.21. The van der Waals surface area contributed by atoms with Gasteiger partial charge in [-0.3, -0.25) is 9.79 Å². The molecule has 5 N–H and O–H groups in total. The molecule has 0 atom stereocenters. The van der Waals surface area contributed by atoms with Gasteiger partial charge in [-0.25, -0.2) is 0 Å². The second-order valence-corrected chi connectivity index (χ2v) is 8.27. The zero-order chi connectivity index (χ0) is 23.1. The fraction of sp³-hybridized carbons (Fsp3) is 0.280. The fourth-order valence-electron chi connectivity index (χ4n) is 3.17. The Labute approximate surface area is 188 Å². The van der Waals surface area contributed by atoms with E-state index in [1.807, 2.05) is 37.4 Å². The molecule has 7 heteroatoms. The van der Waals surface area contributed by atoms with Crippen LogP contribution in [0.2, 0.25) is 0 Å². The largest absolute Gasteiger partial charge is 0.472 e. The number of nitrogens with zero attached hydrogens (tertiary/aromatic N) is 1. The lowest BCUT2D eigenvalue weighted by molar-refractivity contribution is 0.0739. The predicted molar refractivity (Wildman–Crippen MR) is 129 cm³/mol. The number of carbonyl (C=O) groups excluding carboxylic acids is 1. The molecule has 0 bridgehead atoms. The van der Waals surface area contributed by atoms with E-state index in [2.05, 4.69) is 15.6 Å². The Kier molecular flexibility index (Phi) is 7.33. The molecule has 0 aliphatic rings. The summed E-state index contributed by atoms with van der Waals surface area (Å²) >= 11 is 0. The van der Waals surface area contributed by atoms with Crippen molar-refractivity contribution in [1.29, 1.82) is 0 Å². The van der Waals surface area contributed by atoms with Crippen molar-refractivity contribution in [3.8, 4) is 11.1 Å². The van der Waals surface area contributed by atoms with E-state index in [1.54, 1.807) is 44.7 Å². The number of amides is 1. The van der Waals surface area contributed by atoms with Crippen LogP contribution in [0.3, 0.4) is 0 Å². The summed E-state index contributed by atoms with van der Waals surface area (Å²) in [5.74, 6) is -0.149. The first kappa shape index (κ1) is 23.1. The van der Waals surface area contributed by atoms with Crippen LogP contribution in [-0.4, -0.2) is 36.4 Å². The summed E-state index contributed by atoms with van der Waals surface area (Å²) in [5, 5.41) is 15.9. The van der Waals surface area contributed by atoms with Gasteiger partial charge >= 0.3 is 0 Å². The van der Waals surface area contributed by atoms with Crippen molar-refractivity contribution in [2.24, 2.45) is 4.99 Å². The highest BCUT2D eigenvalue weighted by Gasteiger charge is 2.12. The minimum Gasteiger partial charge on any atom is -0.472 e. The Balaban J connectivity index is 1.73. The highest BCUT2D eigenvalue weighted by molar-refractivity contribution is 5.96. The average Bonchev–Trinajstić information content (AvgIpc) is 3.29. The van der Waals surface area contributed by atoms with Crippen LogP contribution in [0.5, 0.6) is 0 Å². The first-order valence-corrected chi connectivity index (χ1v) is 10.5. The van der Waals surface area contributed by atoms with E-state index in [4.69, 9.17) is 10.2 Å². The molecule has 0 unspecified atom stereocenters. The number of hydrogen-bond donors (Lipinski definition) is 4. The van der Waals surface area contributed by atoms with E-state index >= 15 is 0 Å². The van der Waals surface area contributed by atoms with Gasteiger partial charge in [-0.05, 0) is 56.2 Å². The SMILES string of the molecule is CNc1cc(C=NCCC(C)(C)O)c(N)cc1-c1ccc(C(=O)NCc2ccoc2)cc1. The second kappa shape index (κ2) is 10.2. The van der Waals surface area contributed by atoms with Gasteiger partial charge in [-0.2, -0.15) is 0 Å². The zero-order valence-electron chi connectivity index (χ0n) is 18.7. The monoisotopic (exact) mass is 434 g/mol. The third-order valence-corrected chi connectivity index (χ3v) is 5.07. The van der Waals surface area contributed by atoms with E-state index in [0.717, 1.165) is 27.9 Å². The maximum absolute atomic E-state index is 12.4. The van der Waals surface area contributed by atoms with Gasteiger partial charge in [-0.15, -0.1) is 0 Å². The fourth-order valence-corrected chi connectivity index (χ4v) is 3.17. The van der Waals surface area contributed by atoms with Gasteiger partial charge in [-0.1, -0.05) is 12.1 Å². The molecule has 3 rings (SSSR count). The molecule has 0 saturated heterocycles. The predicted octanol–water partition coefficient (Wildman–Crippen LogP) is 4.08. The van der Waals surface area contributed by atoms with Crippen molar-refractivity contribution < 1.29 is 14.3 Å². The molecule has 1 heterocycles. The Hall–Kier alpha value is -3.58. The Morgan fingerprint density at radius 3 is 2.59 bits per heavy atom. The molecule has 0 radical (unpaired) electrons. The summed E-state index contributed by atoms with van der Waals surface area (Å²) in [6.45, 7) is 4.46. The Morgan fingerprint density at radius 2 is 1.97 bits per heavy atom. The molecule has 1 aromatic heterocycles. The number of furan rings is 1. The molecule has 0 aliphatic carbocycles. The Bertz CT molecular complexity index is 1070. The lowest BCUT2D eigenvalue weighted by Gasteiger charge is -2.15. The van der Waals surface area contributed by atoms with Crippen molar-refractivity contribution >= 4 is 23.5 Å². The molecule has 1 amide bonds. The highest BCUT2D eigenvalue weighted by Crippen LogP contribution is 2.32. The first-order valence-electron chi connectivity index (χ1n) is 10.5. The molecule has 0 fully saturated rings. The van der Waals surface area contributed by atoms with E-state index in [0.29, 0.717) is 30.8 Å². The van der Waals surface area contributed by atoms with Crippen molar-refractivity contribution in [3.63, 3.8) is 0 Å². The smallest absolute Gasteiger partial charge is 0.251 e. The summed E-state index contributed by atoms with van der Waals surface area (Å²) in [4.78, 5) is 16.8. The summed E-state index contributed by atoms with van der Waals surface area (Å²) in [5.41, 5.74) is 11.2. The van der Waals surface area contributed by atoms with Crippen LogP contribution in [0.1, 0.15) is 41.8 Å². The molecular formula is C25H30N4O3. The topological polar surface area (TPSA) is 113 Å². The molecule has 32 heavy (non-hydrogen) atoms. The van der Waals surface area contributed by atoms with E-state index in [-0.39, 0.29) is 5.91 Å².